The molecule has 3 aromatic rings. The Morgan fingerprint density at radius 3 is 2.70 bits per heavy atom. The van der Waals surface area contributed by atoms with Gasteiger partial charge in [-0.1, -0.05) is 30.8 Å². The molecule has 0 N–H and O–H groups in total. The molecule has 122 valence electrons. The van der Waals surface area contributed by atoms with Crippen LogP contribution in [0.3, 0.4) is 0 Å². The maximum Gasteiger partial charge on any atom is 0.262 e. The highest BCUT2D eigenvalue weighted by Crippen LogP contribution is 2.28. The highest BCUT2D eigenvalue weighted by molar-refractivity contribution is 7.98. The SMILES string of the molecule is Cc1sc2nc(SCc3nc(C(C)C)no3)n(C)c(=O)c2c1C. The van der Waals surface area contributed by atoms with Crippen molar-refractivity contribution < 1.29 is 4.52 Å². The fourth-order valence-electron chi connectivity index (χ4n) is 2.17. The van der Waals surface area contributed by atoms with E-state index in [1.54, 1.807) is 23.0 Å². The lowest BCUT2D eigenvalue weighted by Crippen LogP contribution is -2.19. The van der Waals surface area contributed by atoms with Gasteiger partial charge in [0.25, 0.3) is 5.56 Å². The molecular weight excluding hydrogens is 332 g/mol. The fourth-order valence-corrected chi connectivity index (χ4v) is 4.05. The molecule has 0 bridgehead atoms. The lowest BCUT2D eigenvalue weighted by atomic mass is 10.2. The quantitative estimate of drug-likeness (QED) is 0.530. The topological polar surface area (TPSA) is 73.8 Å². The summed E-state index contributed by atoms with van der Waals surface area (Å²) in [4.78, 5) is 23.4. The normalized spacial score (nSPS) is 11.7. The molecule has 0 radical (unpaired) electrons. The third kappa shape index (κ3) is 2.92. The molecule has 0 aliphatic heterocycles. The second-order valence-corrected chi connectivity index (χ2v) is 7.86. The molecule has 3 aromatic heterocycles. The Hall–Kier alpha value is -1.67. The van der Waals surface area contributed by atoms with Gasteiger partial charge in [-0.15, -0.1) is 11.3 Å². The van der Waals surface area contributed by atoms with Crippen LogP contribution in [0.15, 0.2) is 14.5 Å². The van der Waals surface area contributed by atoms with Gasteiger partial charge in [0.15, 0.2) is 11.0 Å². The summed E-state index contributed by atoms with van der Waals surface area (Å²) in [6.45, 7) is 8.01. The van der Waals surface area contributed by atoms with Crippen molar-refractivity contribution in [1.29, 1.82) is 0 Å². The van der Waals surface area contributed by atoms with Crippen LogP contribution in [-0.4, -0.2) is 19.7 Å². The van der Waals surface area contributed by atoms with Crippen LogP contribution in [0.5, 0.6) is 0 Å². The van der Waals surface area contributed by atoms with Crippen molar-refractivity contribution in [2.75, 3.05) is 0 Å². The molecule has 0 atom stereocenters. The van der Waals surface area contributed by atoms with Gasteiger partial charge in [-0.25, -0.2) is 4.98 Å². The molecule has 0 unspecified atom stereocenters. The fraction of sp³-hybridized carbons (Fsp3) is 0.467. The van der Waals surface area contributed by atoms with Crippen LogP contribution < -0.4 is 5.56 Å². The van der Waals surface area contributed by atoms with Crippen molar-refractivity contribution in [2.45, 2.75) is 44.5 Å². The highest BCUT2D eigenvalue weighted by Gasteiger charge is 2.16. The van der Waals surface area contributed by atoms with Crippen LogP contribution in [0.1, 0.15) is 41.9 Å². The number of fused-ring (bicyclic) bond motifs is 1. The number of rotatable bonds is 4. The molecule has 6 nitrogen and oxygen atoms in total. The van der Waals surface area contributed by atoms with E-state index in [2.05, 4.69) is 15.1 Å². The van der Waals surface area contributed by atoms with Gasteiger partial charge in [0, 0.05) is 17.8 Å². The summed E-state index contributed by atoms with van der Waals surface area (Å²) in [5.41, 5.74) is 1.01. The number of hydrogen-bond acceptors (Lipinski definition) is 7. The van der Waals surface area contributed by atoms with E-state index in [-0.39, 0.29) is 11.5 Å². The molecular formula is C15H18N4O2S2. The molecule has 0 fully saturated rings. The van der Waals surface area contributed by atoms with E-state index < -0.39 is 0 Å². The molecule has 8 heteroatoms. The summed E-state index contributed by atoms with van der Waals surface area (Å²) in [5.74, 6) is 1.97. The lowest BCUT2D eigenvalue weighted by molar-refractivity contribution is 0.382. The van der Waals surface area contributed by atoms with Crippen LogP contribution in [0.4, 0.5) is 0 Å². The van der Waals surface area contributed by atoms with Crippen molar-refractivity contribution in [3.8, 4) is 0 Å². The molecule has 0 aromatic carbocycles. The average Bonchev–Trinajstić information content (AvgIpc) is 3.07. The first-order valence-electron chi connectivity index (χ1n) is 7.30. The minimum Gasteiger partial charge on any atom is -0.338 e. The summed E-state index contributed by atoms with van der Waals surface area (Å²) >= 11 is 2.99. The number of hydrogen-bond donors (Lipinski definition) is 0. The summed E-state index contributed by atoms with van der Waals surface area (Å²) in [6, 6.07) is 0. The molecule has 0 aliphatic carbocycles. The summed E-state index contributed by atoms with van der Waals surface area (Å²) in [6.07, 6.45) is 0. The Labute approximate surface area is 141 Å². The predicted octanol–water partition coefficient (Wildman–Crippen LogP) is 3.41. The first kappa shape index (κ1) is 16.2. The van der Waals surface area contributed by atoms with Crippen LogP contribution in [0.25, 0.3) is 10.2 Å². The second kappa shape index (κ2) is 6.09. The molecule has 23 heavy (non-hydrogen) atoms. The zero-order valence-corrected chi connectivity index (χ0v) is 15.3. The van der Waals surface area contributed by atoms with Gasteiger partial charge in [-0.2, -0.15) is 4.98 Å². The zero-order chi connectivity index (χ0) is 16.7. The predicted molar refractivity (Wildman–Crippen MR) is 92.3 cm³/mol. The number of aryl methyl sites for hydroxylation is 2. The molecule has 3 heterocycles. The average molecular weight is 350 g/mol. The monoisotopic (exact) mass is 350 g/mol. The molecule has 0 saturated heterocycles. The van der Waals surface area contributed by atoms with E-state index in [4.69, 9.17) is 4.52 Å². The molecule has 0 saturated carbocycles. The van der Waals surface area contributed by atoms with Crippen molar-refractivity contribution in [3.05, 3.63) is 32.5 Å². The molecule has 3 rings (SSSR count). The Morgan fingerprint density at radius 1 is 1.30 bits per heavy atom. The number of thiophene rings is 1. The number of nitrogens with zero attached hydrogens (tertiary/aromatic N) is 4. The zero-order valence-electron chi connectivity index (χ0n) is 13.7. The van der Waals surface area contributed by atoms with Crippen LogP contribution in [0, 0.1) is 13.8 Å². The highest BCUT2D eigenvalue weighted by atomic mass is 32.2. The van der Waals surface area contributed by atoms with E-state index in [1.165, 1.54) is 11.8 Å². The van der Waals surface area contributed by atoms with Crippen molar-refractivity contribution in [3.63, 3.8) is 0 Å². The van der Waals surface area contributed by atoms with Gasteiger partial charge in [0.05, 0.1) is 11.1 Å². The molecule has 0 aliphatic rings. The van der Waals surface area contributed by atoms with E-state index in [9.17, 15) is 4.79 Å². The number of aromatic nitrogens is 4. The first-order chi connectivity index (χ1) is 10.9. The van der Waals surface area contributed by atoms with Crippen molar-refractivity contribution >= 4 is 33.3 Å². The Bertz CT molecular complexity index is 924. The molecule has 0 amide bonds. The van der Waals surface area contributed by atoms with E-state index in [0.29, 0.717) is 22.6 Å². The largest absolute Gasteiger partial charge is 0.338 e. The smallest absolute Gasteiger partial charge is 0.262 e. The van der Waals surface area contributed by atoms with Gasteiger partial charge in [0.1, 0.15) is 4.83 Å². The van der Waals surface area contributed by atoms with E-state index in [1.807, 2.05) is 27.7 Å². The number of thioether (sulfide) groups is 1. The van der Waals surface area contributed by atoms with Gasteiger partial charge < -0.3 is 4.52 Å². The van der Waals surface area contributed by atoms with Gasteiger partial charge in [-0.05, 0) is 19.4 Å². The minimum absolute atomic E-state index is 0.00671. The summed E-state index contributed by atoms with van der Waals surface area (Å²) in [7, 11) is 1.75. The van der Waals surface area contributed by atoms with Crippen molar-refractivity contribution in [2.24, 2.45) is 7.05 Å². The Morgan fingerprint density at radius 2 is 2.04 bits per heavy atom. The summed E-state index contributed by atoms with van der Waals surface area (Å²) < 4.78 is 6.82. The summed E-state index contributed by atoms with van der Waals surface area (Å²) in [5, 5.41) is 5.33. The Kier molecular flexibility index (Phi) is 4.29. The van der Waals surface area contributed by atoms with Gasteiger partial charge in [-0.3, -0.25) is 9.36 Å². The Balaban J connectivity index is 1.91. The molecule has 0 spiro atoms. The maximum absolute atomic E-state index is 12.6. The van der Waals surface area contributed by atoms with E-state index >= 15 is 0 Å². The van der Waals surface area contributed by atoms with Crippen molar-refractivity contribution in [1.82, 2.24) is 19.7 Å². The third-order valence-corrected chi connectivity index (χ3v) is 5.81. The van der Waals surface area contributed by atoms with E-state index in [0.717, 1.165) is 20.7 Å². The second-order valence-electron chi connectivity index (χ2n) is 5.71. The van der Waals surface area contributed by atoms with Gasteiger partial charge in [0.2, 0.25) is 5.89 Å². The maximum atomic E-state index is 12.6. The van der Waals surface area contributed by atoms with Gasteiger partial charge >= 0.3 is 0 Å². The minimum atomic E-state index is -0.00671. The van der Waals surface area contributed by atoms with Crippen LogP contribution in [0.2, 0.25) is 0 Å². The van der Waals surface area contributed by atoms with Crippen LogP contribution in [-0.2, 0) is 12.8 Å². The standard InChI is InChI=1S/C15H18N4O2S2/c1-7(2)12-16-10(21-18-12)6-22-15-17-13-11(14(20)19(15)5)8(3)9(4)23-13/h7H,6H2,1-5H3. The third-order valence-electron chi connectivity index (χ3n) is 3.69. The van der Waals surface area contributed by atoms with Crippen LogP contribution >= 0.6 is 23.1 Å². The lowest BCUT2D eigenvalue weighted by Gasteiger charge is -2.05. The first-order valence-corrected chi connectivity index (χ1v) is 9.10.